The molecule has 140 valence electrons. The Labute approximate surface area is 160 Å². The highest BCUT2D eigenvalue weighted by Gasteiger charge is 2.30. The summed E-state index contributed by atoms with van der Waals surface area (Å²) in [4.78, 5) is 15.4. The maximum atomic E-state index is 5.88. The van der Waals surface area contributed by atoms with Crippen LogP contribution in [0.4, 0.5) is 0 Å². The highest BCUT2D eigenvalue weighted by molar-refractivity contribution is 7.13. The first-order chi connectivity index (χ1) is 12.7. The lowest BCUT2D eigenvalue weighted by Gasteiger charge is -2.43. The number of thiophene rings is 1. The van der Waals surface area contributed by atoms with E-state index in [0.29, 0.717) is 18.2 Å². The normalized spacial score (nSPS) is 26.2. The Balaban J connectivity index is 1.28. The molecule has 2 saturated heterocycles. The van der Waals surface area contributed by atoms with E-state index in [-0.39, 0.29) is 0 Å². The Kier molecular flexibility index (Phi) is 5.64. The molecule has 2 fully saturated rings. The summed E-state index contributed by atoms with van der Waals surface area (Å²) in [5.74, 6) is 0.831. The van der Waals surface area contributed by atoms with Crippen molar-refractivity contribution in [2.24, 2.45) is 0 Å². The van der Waals surface area contributed by atoms with Crippen molar-refractivity contribution in [2.45, 2.75) is 51.5 Å². The van der Waals surface area contributed by atoms with E-state index < -0.39 is 0 Å². The summed E-state index contributed by atoms with van der Waals surface area (Å²) < 4.78 is 5.88. The topological polar surface area (TPSA) is 41.5 Å². The van der Waals surface area contributed by atoms with Crippen molar-refractivity contribution in [3.8, 4) is 10.7 Å². The van der Waals surface area contributed by atoms with E-state index >= 15 is 0 Å². The molecule has 4 rings (SSSR count). The second-order valence-electron chi connectivity index (χ2n) is 7.61. The van der Waals surface area contributed by atoms with Gasteiger partial charge in [-0.25, -0.2) is 9.97 Å². The molecule has 0 saturated carbocycles. The van der Waals surface area contributed by atoms with Crippen LogP contribution in [0.5, 0.6) is 0 Å². The van der Waals surface area contributed by atoms with E-state index in [1.54, 1.807) is 11.3 Å². The van der Waals surface area contributed by atoms with Gasteiger partial charge in [-0.2, -0.15) is 0 Å². The first-order valence-electron chi connectivity index (χ1n) is 9.64. The average Bonchev–Trinajstić information content (AvgIpc) is 3.17. The minimum absolute atomic E-state index is 0.357. The number of hydrogen-bond acceptors (Lipinski definition) is 6. The minimum Gasteiger partial charge on any atom is -0.373 e. The lowest BCUT2D eigenvalue weighted by Crippen LogP contribution is -2.53. The smallest absolute Gasteiger partial charge is 0.169 e. The molecule has 2 aliphatic heterocycles. The highest BCUT2D eigenvalue weighted by Crippen LogP contribution is 2.23. The van der Waals surface area contributed by atoms with Gasteiger partial charge in [0.05, 0.1) is 17.1 Å². The van der Waals surface area contributed by atoms with Gasteiger partial charge in [-0.3, -0.25) is 9.80 Å². The summed E-state index contributed by atoms with van der Waals surface area (Å²) in [5.41, 5.74) is 1.21. The summed E-state index contributed by atoms with van der Waals surface area (Å²) in [6.07, 6.45) is 7.17. The Bertz CT molecular complexity index is 672. The molecule has 5 nitrogen and oxygen atoms in total. The predicted molar refractivity (Wildman–Crippen MR) is 105 cm³/mol. The molecule has 2 aliphatic rings. The first kappa shape index (κ1) is 18.0. The Morgan fingerprint density at radius 2 is 1.81 bits per heavy atom. The molecule has 6 heteroatoms. The Morgan fingerprint density at radius 1 is 1.12 bits per heavy atom. The number of rotatable bonds is 4. The summed E-state index contributed by atoms with van der Waals surface area (Å²) in [7, 11) is 0. The molecule has 0 spiro atoms. The lowest BCUT2D eigenvalue weighted by atomic mass is 10.0. The summed E-state index contributed by atoms with van der Waals surface area (Å²) in [5, 5.41) is 2.06. The molecular formula is C20H28N4OS. The van der Waals surface area contributed by atoms with E-state index in [1.165, 1.54) is 18.4 Å². The van der Waals surface area contributed by atoms with Crippen molar-refractivity contribution in [3.63, 3.8) is 0 Å². The van der Waals surface area contributed by atoms with Gasteiger partial charge in [0.15, 0.2) is 5.82 Å². The fourth-order valence-electron chi connectivity index (χ4n) is 4.19. The lowest BCUT2D eigenvalue weighted by molar-refractivity contribution is -0.0865. The molecule has 0 aromatic carbocycles. The summed E-state index contributed by atoms with van der Waals surface area (Å²) in [6.45, 7) is 9.79. The van der Waals surface area contributed by atoms with Crippen LogP contribution in [0, 0.1) is 0 Å². The van der Waals surface area contributed by atoms with E-state index in [4.69, 9.17) is 4.74 Å². The molecule has 2 atom stereocenters. The van der Waals surface area contributed by atoms with Gasteiger partial charge >= 0.3 is 0 Å². The molecular weight excluding hydrogens is 344 g/mol. The molecule has 0 amide bonds. The number of nitrogens with zero attached hydrogens (tertiary/aromatic N) is 4. The van der Waals surface area contributed by atoms with Crippen LogP contribution in [0.2, 0.25) is 0 Å². The van der Waals surface area contributed by atoms with Crippen LogP contribution in [0.15, 0.2) is 29.9 Å². The van der Waals surface area contributed by atoms with Crippen LogP contribution in [0.3, 0.4) is 0 Å². The third-order valence-electron chi connectivity index (χ3n) is 5.37. The van der Waals surface area contributed by atoms with Crippen LogP contribution in [-0.4, -0.2) is 64.2 Å². The van der Waals surface area contributed by atoms with Crippen LogP contribution in [0.1, 0.15) is 32.3 Å². The Morgan fingerprint density at radius 3 is 2.42 bits per heavy atom. The van der Waals surface area contributed by atoms with Crippen molar-refractivity contribution < 1.29 is 4.74 Å². The summed E-state index contributed by atoms with van der Waals surface area (Å²) in [6, 6.07) is 4.81. The number of morpholine rings is 1. The fourth-order valence-corrected chi connectivity index (χ4v) is 4.86. The van der Waals surface area contributed by atoms with Gasteiger partial charge in [0.25, 0.3) is 0 Å². The molecule has 0 aliphatic carbocycles. The zero-order valence-electron chi connectivity index (χ0n) is 15.7. The van der Waals surface area contributed by atoms with Gasteiger partial charge < -0.3 is 4.74 Å². The third-order valence-corrected chi connectivity index (χ3v) is 6.24. The highest BCUT2D eigenvalue weighted by atomic mass is 32.1. The molecule has 2 aromatic rings. The fraction of sp³-hybridized carbons (Fsp3) is 0.600. The second-order valence-corrected chi connectivity index (χ2v) is 8.56. The van der Waals surface area contributed by atoms with E-state index in [1.807, 2.05) is 18.5 Å². The molecule has 0 N–H and O–H groups in total. The van der Waals surface area contributed by atoms with Gasteiger partial charge in [0.1, 0.15) is 0 Å². The quantitative estimate of drug-likeness (QED) is 0.824. The van der Waals surface area contributed by atoms with Gasteiger partial charge in [-0.1, -0.05) is 6.07 Å². The SMILES string of the molecule is C[C@@H]1CN(C2CCN(Cc3cnc(-c4cccs4)nc3)CC2)C[C@H](C)O1. The molecule has 0 bridgehead atoms. The summed E-state index contributed by atoms with van der Waals surface area (Å²) >= 11 is 1.68. The molecule has 4 heterocycles. The monoisotopic (exact) mass is 372 g/mol. The van der Waals surface area contributed by atoms with Crippen molar-refractivity contribution in [1.82, 2.24) is 19.8 Å². The van der Waals surface area contributed by atoms with Crippen LogP contribution in [0.25, 0.3) is 10.7 Å². The zero-order valence-corrected chi connectivity index (χ0v) is 16.5. The molecule has 2 aromatic heterocycles. The number of likely N-dealkylation sites (tertiary alicyclic amines) is 1. The third kappa shape index (κ3) is 4.31. The predicted octanol–water partition coefficient (Wildman–Crippen LogP) is 3.28. The molecule has 0 unspecified atom stereocenters. The standard InChI is InChI=1S/C20H28N4OS/c1-15-12-24(13-16(2)25-15)18-5-7-23(8-6-18)14-17-10-21-20(22-11-17)19-4-3-9-26-19/h3-4,9-11,15-16,18H,5-8,12-14H2,1-2H3/t15-,16+. The van der Waals surface area contributed by atoms with Gasteiger partial charge in [0.2, 0.25) is 0 Å². The van der Waals surface area contributed by atoms with Crippen LogP contribution >= 0.6 is 11.3 Å². The van der Waals surface area contributed by atoms with Crippen molar-refractivity contribution in [1.29, 1.82) is 0 Å². The van der Waals surface area contributed by atoms with Crippen LogP contribution in [-0.2, 0) is 11.3 Å². The van der Waals surface area contributed by atoms with Gasteiger partial charge in [0, 0.05) is 43.6 Å². The number of ether oxygens (including phenoxy) is 1. The second kappa shape index (κ2) is 8.13. The first-order valence-corrected chi connectivity index (χ1v) is 10.5. The molecule has 0 radical (unpaired) electrons. The largest absolute Gasteiger partial charge is 0.373 e. The zero-order chi connectivity index (χ0) is 17.9. The van der Waals surface area contributed by atoms with Crippen LogP contribution < -0.4 is 0 Å². The van der Waals surface area contributed by atoms with E-state index in [0.717, 1.165) is 43.4 Å². The number of aromatic nitrogens is 2. The van der Waals surface area contributed by atoms with E-state index in [9.17, 15) is 0 Å². The van der Waals surface area contributed by atoms with Crippen molar-refractivity contribution in [3.05, 3.63) is 35.5 Å². The van der Waals surface area contributed by atoms with Crippen molar-refractivity contribution in [2.75, 3.05) is 26.2 Å². The average molecular weight is 373 g/mol. The van der Waals surface area contributed by atoms with Gasteiger partial charge in [-0.15, -0.1) is 11.3 Å². The Hall–Kier alpha value is -1.34. The maximum Gasteiger partial charge on any atom is 0.169 e. The number of piperidine rings is 1. The number of hydrogen-bond donors (Lipinski definition) is 0. The maximum absolute atomic E-state index is 5.88. The molecule has 26 heavy (non-hydrogen) atoms. The van der Waals surface area contributed by atoms with E-state index in [2.05, 4.69) is 45.1 Å². The van der Waals surface area contributed by atoms with Gasteiger partial charge in [-0.05, 0) is 51.2 Å². The minimum atomic E-state index is 0.357. The van der Waals surface area contributed by atoms with Crippen molar-refractivity contribution >= 4 is 11.3 Å².